The summed E-state index contributed by atoms with van der Waals surface area (Å²) >= 11 is 0. The highest BCUT2D eigenvalue weighted by Gasteiger charge is 2.21. The highest BCUT2D eigenvalue weighted by atomic mass is 16.2. The van der Waals surface area contributed by atoms with E-state index in [1.54, 1.807) is 12.4 Å². The summed E-state index contributed by atoms with van der Waals surface area (Å²) in [4.78, 5) is 18.6. The lowest BCUT2D eigenvalue weighted by Crippen LogP contribution is -2.39. The molecular formula is C18H23N3O. The van der Waals surface area contributed by atoms with E-state index in [0.717, 1.165) is 12.0 Å². The molecule has 2 aromatic rings. The van der Waals surface area contributed by atoms with Gasteiger partial charge in [0.1, 0.15) is 0 Å². The van der Waals surface area contributed by atoms with Crippen LogP contribution in [0, 0.1) is 0 Å². The van der Waals surface area contributed by atoms with Gasteiger partial charge in [-0.2, -0.15) is 0 Å². The molecule has 0 aliphatic carbocycles. The van der Waals surface area contributed by atoms with E-state index in [-0.39, 0.29) is 11.8 Å². The zero-order valence-electron chi connectivity index (χ0n) is 13.0. The number of rotatable bonds is 7. The average molecular weight is 297 g/mol. The summed E-state index contributed by atoms with van der Waals surface area (Å²) in [7, 11) is 0. The normalized spacial score (nSPS) is 11.9. The molecule has 22 heavy (non-hydrogen) atoms. The maximum atomic E-state index is 12.7. The number of hydrogen-bond acceptors (Lipinski definition) is 3. The molecule has 1 heterocycles. The van der Waals surface area contributed by atoms with E-state index in [1.165, 1.54) is 5.56 Å². The SMILES string of the molecule is CC(C(=O)N(CCN)CCc1ccccc1)c1cccnc1. The maximum absolute atomic E-state index is 12.7. The van der Waals surface area contributed by atoms with Crippen molar-refractivity contribution in [3.63, 3.8) is 0 Å². The van der Waals surface area contributed by atoms with Crippen molar-refractivity contribution < 1.29 is 4.79 Å². The number of aromatic nitrogens is 1. The van der Waals surface area contributed by atoms with E-state index in [4.69, 9.17) is 5.73 Å². The molecule has 4 nitrogen and oxygen atoms in total. The van der Waals surface area contributed by atoms with Crippen molar-refractivity contribution in [3.05, 3.63) is 66.0 Å². The Morgan fingerprint density at radius 1 is 1.18 bits per heavy atom. The summed E-state index contributed by atoms with van der Waals surface area (Å²) < 4.78 is 0. The fourth-order valence-electron chi connectivity index (χ4n) is 2.45. The molecule has 0 radical (unpaired) electrons. The second kappa shape index (κ2) is 8.29. The Kier molecular flexibility index (Phi) is 6.10. The van der Waals surface area contributed by atoms with Crippen LogP contribution in [0.4, 0.5) is 0 Å². The van der Waals surface area contributed by atoms with Crippen molar-refractivity contribution in [2.24, 2.45) is 5.73 Å². The highest BCUT2D eigenvalue weighted by Crippen LogP contribution is 2.17. The predicted octanol–water partition coefficient (Wildman–Crippen LogP) is 2.22. The number of carbonyl (C=O) groups is 1. The number of carbonyl (C=O) groups excluding carboxylic acids is 1. The quantitative estimate of drug-likeness (QED) is 0.852. The minimum absolute atomic E-state index is 0.106. The third kappa shape index (κ3) is 4.40. The molecule has 0 bridgehead atoms. The molecular weight excluding hydrogens is 274 g/mol. The first-order valence-electron chi connectivity index (χ1n) is 7.65. The highest BCUT2D eigenvalue weighted by molar-refractivity contribution is 5.83. The van der Waals surface area contributed by atoms with Crippen molar-refractivity contribution in [1.29, 1.82) is 0 Å². The van der Waals surface area contributed by atoms with Crippen molar-refractivity contribution in [3.8, 4) is 0 Å². The van der Waals surface area contributed by atoms with Gasteiger partial charge in [-0.3, -0.25) is 9.78 Å². The largest absolute Gasteiger partial charge is 0.341 e. The van der Waals surface area contributed by atoms with Crippen LogP contribution in [0.3, 0.4) is 0 Å². The van der Waals surface area contributed by atoms with Crippen LogP contribution in [0.1, 0.15) is 24.0 Å². The molecule has 1 aromatic carbocycles. The summed E-state index contributed by atoms with van der Waals surface area (Å²) in [6.07, 6.45) is 4.31. The van der Waals surface area contributed by atoms with Gasteiger partial charge in [0.2, 0.25) is 5.91 Å². The van der Waals surface area contributed by atoms with Gasteiger partial charge in [0.15, 0.2) is 0 Å². The van der Waals surface area contributed by atoms with Crippen LogP contribution in [-0.2, 0) is 11.2 Å². The van der Waals surface area contributed by atoms with Crippen molar-refractivity contribution >= 4 is 5.91 Å². The Hall–Kier alpha value is -2.20. The third-order valence-electron chi connectivity index (χ3n) is 3.78. The van der Waals surface area contributed by atoms with Gasteiger partial charge in [-0.15, -0.1) is 0 Å². The van der Waals surface area contributed by atoms with E-state index in [9.17, 15) is 4.79 Å². The maximum Gasteiger partial charge on any atom is 0.229 e. The number of nitrogens with two attached hydrogens (primary N) is 1. The molecule has 2 N–H and O–H groups in total. The summed E-state index contributed by atoms with van der Waals surface area (Å²) in [5.41, 5.74) is 7.84. The van der Waals surface area contributed by atoms with Crippen LogP contribution in [0.25, 0.3) is 0 Å². The van der Waals surface area contributed by atoms with E-state index >= 15 is 0 Å². The number of amides is 1. The summed E-state index contributed by atoms with van der Waals surface area (Å²) in [6.45, 7) is 3.66. The Bertz CT molecular complexity index is 571. The molecule has 0 saturated carbocycles. The lowest BCUT2D eigenvalue weighted by molar-refractivity contribution is -0.132. The standard InChI is InChI=1S/C18H23N3O/c1-15(17-8-5-11-20-14-17)18(22)21(13-10-19)12-9-16-6-3-2-4-7-16/h2-8,11,14-15H,9-10,12-13,19H2,1H3. The zero-order chi connectivity index (χ0) is 15.8. The number of hydrogen-bond donors (Lipinski definition) is 1. The molecule has 1 aromatic heterocycles. The van der Waals surface area contributed by atoms with E-state index in [0.29, 0.717) is 19.6 Å². The third-order valence-corrected chi connectivity index (χ3v) is 3.78. The topological polar surface area (TPSA) is 59.2 Å². The second-order valence-corrected chi connectivity index (χ2v) is 5.36. The van der Waals surface area contributed by atoms with Crippen LogP contribution >= 0.6 is 0 Å². The monoisotopic (exact) mass is 297 g/mol. The lowest BCUT2D eigenvalue weighted by Gasteiger charge is -2.25. The first-order chi connectivity index (χ1) is 10.7. The summed E-state index contributed by atoms with van der Waals surface area (Å²) in [6, 6.07) is 14.0. The molecule has 0 fully saturated rings. The Balaban J connectivity index is 2.02. The van der Waals surface area contributed by atoms with Gasteiger partial charge in [-0.25, -0.2) is 0 Å². The number of pyridine rings is 1. The van der Waals surface area contributed by atoms with Gasteiger partial charge in [0.25, 0.3) is 0 Å². The number of nitrogens with zero attached hydrogens (tertiary/aromatic N) is 2. The molecule has 0 saturated heterocycles. The van der Waals surface area contributed by atoms with Gasteiger partial charge in [0, 0.05) is 32.0 Å². The van der Waals surface area contributed by atoms with Crippen LogP contribution in [0.2, 0.25) is 0 Å². The van der Waals surface area contributed by atoms with E-state index in [2.05, 4.69) is 17.1 Å². The molecule has 2 rings (SSSR count). The van der Waals surface area contributed by atoms with Crippen molar-refractivity contribution in [1.82, 2.24) is 9.88 Å². The fourth-order valence-corrected chi connectivity index (χ4v) is 2.45. The molecule has 4 heteroatoms. The van der Waals surface area contributed by atoms with Gasteiger partial charge in [-0.05, 0) is 30.5 Å². The first-order valence-corrected chi connectivity index (χ1v) is 7.65. The van der Waals surface area contributed by atoms with Crippen LogP contribution < -0.4 is 5.73 Å². The molecule has 0 aliphatic rings. The van der Waals surface area contributed by atoms with E-state index in [1.807, 2.05) is 42.2 Å². The Labute approximate surface area is 132 Å². The van der Waals surface area contributed by atoms with Crippen LogP contribution in [0.5, 0.6) is 0 Å². The summed E-state index contributed by atoms with van der Waals surface area (Å²) in [5.74, 6) is -0.0922. The molecule has 1 atom stereocenters. The van der Waals surface area contributed by atoms with Crippen LogP contribution in [-0.4, -0.2) is 35.4 Å². The minimum atomic E-state index is -0.198. The van der Waals surface area contributed by atoms with Crippen LogP contribution in [0.15, 0.2) is 54.9 Å². The van der Waals surface area contributed by atoms with Crippen molar-refractivity contribution in [2.45, 2.75) is 19.3 Å². The molecule has 0 aliphatic heterocycles. The summed E-state index contributed by atoms with van der Waals surface area (Å²) in [5, 5.41) is 0. The Morgan fingerprint density at radius 2 is 1.95 bits per heavy atom. The molecule has 1 unspecified atom stereocenters. The van der Waals surface area contributed by atoms with Gasteiger partial charge >= 0.3 is 0 Å². The van der Waals surface area contributed by atoms with Gasteiger partial charge < -0.3 is 10.6 Å². The molecule has 1 amide bonds. The van der Waals surface area contributed by atoms with Crippen molar-refractivity contribution in [2.75, 3.05) is 19.6 Å². The predicted molar refractivity (Wildman–Crippen MR) is 88.4 cm³/mol. The van der Waals surface area contributed by atoms with Gasteiger partial charge in [0.05, 0.1) is 5.92 Å². The van der Waals surface area contributed by atoms with Gasteiger partial charge in [-0.1, -0.05) is 36.4 Å². The average Bonchev–Trinajstić information content (AvgIpc) is 2.59. The fraction of sp³-hybridized carbons (Fsp3) is 0.333. The smallest absolute Gasteiger partial charge is 0.229 e. The molecule has 116 valence electrons. The number of benzene rings is 1. The lowest BCUT2D eigenvalue weighted by atomic mass is 10.0. The molecule has 0 spiro atoms. The minimum Gasteiger partial charge on any atom is -0.341 e. The first kappa shape index (κ1) is 16.2. The zero-order valence-corrected chi connectivity index (χ0v) is 13.0. The Morgan fingerprint density at radius 3 is 2.59 bits per heavy atom. The van der Waals surface area contributed by atoms with E-state index < -0.39 is 0 Å². The second-order valence-electron chi connectivity index (χ2n) is 5.36.